The molecule has 0 saturated heterocycles. The van der Waals surface area contributed by atoms with Crippen LogP contribution < -0.4 is 10.6 Å². The number of nitrogens with one attached hydrogen (secondary N) is 2. The summed E-state index contributed by atoms with van der Waals surface area (Å²) in [5, 5.41) is 8.57. The number of carbonyl (C=O) groups excluding carboxylic acids is 2. The Morgan fingerprint density at radius 3 is 2.95 bits per heavy atom. The molecule has 2 aromatic rings. The van der Waals surface area contributed by atoms with Gasteiger partial charge in [-0.3, -0.25) is 9.59 Å². The summed E-state index contributed by atoms with van der Waals surface area (Å²) < 4.78 is 6.81. The van der Waals surface area contributed by atoms with Crippen molar-refractivity contribution in [2.75, 3.05) is 7.05 Å². The first-order valence-electron chi connectivity index (χ1n) is 6.95. The van der Waals surface area contributed by atoms with E-state index >= 15 is 0 Å². The maximum absolute atomic E-state index is 11.8. The van der Waals surface area contributed by atoms with E-state index in [1.807, 2.05) is 17.7 Å². The smallest absolute Gasteiger partial charge is 0.292 e. The van der Waals surface area contributed by atoms with Crippen LogP contribution in [0.5, 0.6) is 0 Å². The van der Waals surface area contributed by atoms with Crippen molar-refractivity contribution in [2.24, 2.45) is 0 Å². The first-order chi connectivity index (χ1) is 10.6. The summed E-state index contributed by atoms with van der Waals surface area (Å²) in [5.74, 6) is 0.491. The monoisotopic (exact) mass is 306 g/mol. The molecule has 2 rings (SSSR count). The van der Waals surface area contributed by atoms with Crippen molar-refractivity contribution in [3.05, 3.63) is 29.9 Å². The lowest BCUT2D eigenvalue weighted by molar-refractivity contribution is -0.121. The van der Waals surface area contributed by atoms with Crippen molar-refractivity contribution < 1.29 is 14.1 Å². The Hall–Kier alpha value is -2.71. The zero-order chi connectivity index (χ0) is 15.9. The van der Waals surface area contributed by atoms with Crippen molar-refractivity contribution in [3.63, 3.8) is 0 Å². The molecule has 0 saturated carbocycles. The fourth-order valence-corrected chi connectivity index (χ4v) is 1.87. The molecule has 0 unspecified atom stereocenters. The van der Waals surface area contributed by atoms with Crippen LogP contribution in [-0.2, 0) is 24.3 Å². The molecule has 0 aliphatic rings. The molecule has 2 amide bonds. The minimum absolute atomic E-state index is 0.0576. The largest absolute Gasteiger partial charge is 0.352 e. The van der Waals surface area contributed by atoms with Crippen LogP contribution in [0.15, 0.2) is 16.9 Å². The van der Waals surface area contributed by atoms with E-state index in [1.54, 1.807) is 6.20 Å². The van der Waals surface area contributed by atoms with E-state index < -0.39 is 5.91 Å². The molecule has 0 aliphatic heterocycles. The highest BCUT2D eigenvalue weighted by molar-refractivity contribution is 5.89. The minimum atomic E-state index is -0.437. The van der Waals surface area contributed by atoms with Crippen LogP contribution >= 0.6 is 0 Å². The van der Waals surface area contributed by atoms with Crippen molar-refractivity contribution in [2.45, 2.75) is 32.9 Å². The van der Waals surface area contributed by atoms with Gasteiger partial charge in [0.25, 0.3) is 11.7 Å². The molecule has 0 aromatic carbocycles. The number of hydrogen-bond acceptors (Lipinski definition) is 6. The second-order valence-electron chi connectivity index (χ2n) is 4.51. The highest BCUT2D eigenvalue weighted by atomic mass is 16.5. The summed E-state index contributed by atoms with van der Waals surface area (Å²) in [6, 6.07) is 0. The molecule has 9 nitrogen and oxygen atoms in total. The molecule has 0 fully saturated rings. The summed E-state index contributed by atoms with van der Waals surface area (Å²) in [6.07, 6.45) is 4.70. The quantitative estimate of drug-likeness (QED) is 0.738. The van der Waals surface area contributed by atoms with E-state index in [4.69, 9.17) is 4.52 Å². The predicted molar refractivity (Wildman–Crippen MR) is 75.8 cm³/mol. The Labute approximate surface area is 127 Å². The van der Waals surface area contributed by atoms with Crippen LogP contribution in [0.1, 0.15) is 35.7 Å². The number of carbonyl (C=O) groups is 2. The standard InChI is InChI=1S/C13H18N6O3/c1-3-9-15-5-7-19(9)6-4-10(20)16-8-11-17-12(18-22-11)13(21)14-2/h5,7H,3-4,6,8H2,1-2H3,(H,14,21)(H,16,20). The van der Waals surface area contributed by atoms with E-state index in [9.17, 15) is 9.59 Å². The zero-order valence-corrected chi connectivity index (χ0v) is 12.5. The molecular weight excluding hydrogens is 288 g/mol. The van der Waals surface area contributed by atoms with Crippen molar-refractivity contribution in [1.82, 2.24) is 30.3 Å². The van der Waals surface area contributed by atoms with Gasteiger partial charge in [0.05, 0.1) is 6.54 Å². The summed E-state index contributed by atoms with van der Waals surface area (Å²) in [6.45, 7) is 2.66. The summed E-state index contributed by atoms with van der Waals surface area (Å²) in [7, 11) is 1.47. The maximum Gasteiger partial charge on any atom is 0.292 e. The Bertz CT molecular complexity index is 648. The van der Waals surface area contributed by atoms with Gasteiger partial charge in [-0.05, 0) is 0 Å². The van der Waals surface area contributed by atoms with Crippen LogP contribution in [0.2, 0.25) is 0 Å². The molecular formula is C13H18N6O3. The molecule has 0 bridgehead atoms. The molecule has 22 heavy (non-hydrogen) atoms. The van der Waals surface area contributed by atoms with Gasteiger partial charge < -0.3 is 19.7 Å². The van der Waals surface area contributed by atoms with Gasteiger partial charge in [-0.25, -0.2) is 4.98 Å². The van der Waals surface area contributed by atoms with E-state index in [1.165, 1.54) is 7.05 Å². The first kappa shape index (κ1) is 15.7. The van der Waals surface area contributed by atoms with E-state index in [0.29, 0.717) is 13.0 Å². The third kappa shape index (κ3) is 3.90. The summed E-state index contributed by atoms with van der Waals surface area (Å²) in [4.78, 5) is 31.1. The normalized spacial score (nSPS) is 10.5. The number of amides is 2. The molecule has 0 atom stereocenters. The fraction of sp³-hybridized carbons (Fsp3) is 0.462. The molecule has 9 heteroatoms. The second kappa shape index (κ2) is 7.34. The third-order valence-electron chi connectivity index (χ3n) is 3.03. The molecule has 2 N–H and O–H groups in total. The highest BCUT2D eigenvalue weighted by Gasteiger charge is 2.13. The average molecular weight is 306 g/mol. The first-order valence-corrected chi connectivity index (χ1v) is 6.95. The van der Waals surface area contributed by atoms with Gasteiger partial charge in [-0.1, -0.05) is 12.1 Å². The molecule has 2 aromatic heterocycles. The van der Waals surface area contributed by atoms with Crippen LogP contribution in [0.4, 0.5) is 0 Å². The van der Waals surface area contributed by atoms with Gasteiger partial charge in [-0.15, -0.1) is 0 Å². The van der Waals surface area contributed by atoms with E-state index in [2.05, 4.69) is 25.8 Å². The SMILES string of the molecule is CCc1nccn1CCC(=O)NCc1nc(C(=O)NC)no1. The van der Waals surface area contributed by atoms with E-state index in [0.717, 1.165) is 12.2 Å². The highest BCUT2D eigenvalue weighted by Crippen LogP contribution is 2.01. The van der Waals surface area contributed by atoms with Crippen LogP contribution in [0.3, 0.4) is 0 Å². The summed E-state index contributed by atoms with van der Waals surface area (Å²) in [5.41, 5.74) is 0. The summed E-state index contributed by atoms with van der Waals surface area (Å²) >= 11 is 0. The average Bonchev–Trinajstić information content (AvgIpc) is 3.18. The second-order valence-corrected chi connectivity index (χ2v) is 4.51. The topological polar surface area (TPSA) is 115 Å². The van der Waals surface area contributed by atoms with Crippen LogP contribution in [0.25, 0.3) is 0 Å². The van der Waals surface area contributed by atoms with E-state index in [-0.39, 0.29) is 24.2 Å². The lowest BCUT2D eigenvalue weighted by Crippen LogP contribution is -2.24. The Kier molecular flexibility index (Phi) is 5.23. The maximum atomic E-state index is 11.8. The molecule has 0 aliphatic carbocycles. The van der Waals surface area contributed by atoms with Crippen molar-refractivity contribution in [3.8, 4) is 0 Å². The lowest BCUT2D eigenvalue weighted by atomic mass is 10.3. The molecule has 0 spiro atoms. The van der Waals surface area contributed by atoms with Gasteiger partial charge in [0.2, 0.25) is 11.8 Å². The lowest BCUT2D eigenvalue weighted by Gasteiger charge is -2.06. The fourth-order valence-electron chi connectivity index (χ4n) is 1.87. The van der Waals surface area contributed by atoms with Gasteiger partial charge in [0, 0.05) is 38.8 Å². The van der Waals surface area contributed by atoms with Crippen LogP contribution in [-0.4, -0.2) is 38.6 Å². The Balaban J connectivity index is 1.78. The number of rotatable bonds is 7. The van der Waals surface area contributed by atoms with Gasteiger partial charge in [0.1, 0.15) is 5.82 Å². The third-order valence-corrected chi connectivity index (χ3v) is 3.03. The van der Waals surface area contributed by atoms with Crippen LogP contribution in [0, 0.1) is 0 Å². The number of imidazole rings is 1. The molecule has 118 valence electrons. The van der Waals surface area contributed by atoms with Crippen molar-refractivity contribution >= 4 is 11.8 Å². The Morgan fingerprint density at radius 1 is 1.41 bits per heavy atom. The predicted octanol–water partition coefficient (Wildman–Crippen LogP) is -0.105. The number of nitrogens with zero attached hydrogens (tertiary/aromatic N) is 4. The number of hydrogen-bond donors (Lipinski definition) is 2. The van der Waals surface area contributed by atoms with Gasteiger partial charge >= 0.3 is 0 Å². The molecule has 0 radical (unpaired) electrons. The molecule has 2 heterocycles. The van der Waals surface area contributed by atoms with Crippen molar-refractivity contribution in [1.29, 1.82) is 0 Å². The van der Waals surface area contributed by atoms with Gasteiger partial charge in [-0.2, -0.15) is 4.98 Å². The Morgan fingerprint density at radius 2 is 2.23 bits per heavy atom. The number of aryl methyl sites for hydroxylation is 2. The minimum Gasteiger partial charge on any atom is -0.352 e. The van der Waals surface area contributed by atoms with Gasteiger partial charge in [0.15, 0.2) is 0 Å². The number of aromatic nitrogens is 4. The zero-order valence-electron chi connectivity index (χ0n) is 12.5.